The second-order valence-electron chi connectivity index (χ2n) is 5.70. The molecule has 8 heteroatoms. The van der Waals surface area contributed by atoms with Gasteiger partial charge in [-0.25, -0.2) is 13.8 Å². The lowest BCUT2D eigenvalue weighted by Crippen LogP contribution is -2.36. The fraction of sp³-hybridized carbons (Fsp3) is 0.167. The van der Waals surface area contributed by atoms with Crippen LogP contribution < -0.4 is 5.32 Å². The number of benzene rings is 2. The molecule has 0 aliphatic carbocycles. The molecule has 0 atom stereocenters. The topological polar surface area (TPSA) is 61.8 Å². The van der Waals surface area contributed by atoms with Crippen molar-refractivity contribution in [3.05, 3.63) is 64.7 Å². The lowest BCUT2D eigenvalue weighted by atomic mass is 10.1. The highest BCUT2D eigenvalue weighted by Gasteiger charge is 2.25. The summed E-state index contributed by atoms with van der Waals surface area (Å²) in [6.07, 6.45) is 0.313. The van der Waals surface area contributed by atoms with Crippen LogP contribution in [0.3, 0.4) is 0 Å². The summed E-state index contributed by atoms with van der Waals surface area (Å²) >= 11 is 5.89. The monoisotopic (exact) mass is 377 g/mol. The Bertz CT molecular complexity index is 885. The van der Waals surface area contributed by atoms with Gasteiger partial charge in [-0.15, -0.1) is 0 Å². The van der Waals surface area contributed by atoms with Crippen molar-refractivity contribution in [2.75, 3.05) is 5.32 Å². The van der Waals surface area contributed by atoms with Crippen LogP contribution in [0.5, 0.6) is 0 Å². The fourth-order valence-corrected chi connectivity index (χ4v) is 2.65. The summed E-state index contributed by atoms with van der Waals surface area (Å²) in [6.45, 7) is 0.132. The maximum absolute atomic E-state index is 13.1. The van der Waals surface area contributed by atoms with Gasteiger partial charge in [0.25, 0.3) is 5.91 Å². The molecule has 0 aromatic heterocycles. The third-order valence-corrected chi connectivity index (χ3v) is 4.10. The van der Waals surface area contributed by atoms with Gasteiger partial charge in [0.2, 0.25) is 5.91 Å². The van der Waals surface area contributed by atoms with E-state index >= 15 is 0 Å². The molecule has 2 aromatic carbocycles. The summed E-state index contributed by atoms with van der Waals surface area (Å²) < 4.78 is 26.1. The maximum Gasteiger partial charge on any atom is 0.271 e. The molecule has 1 aliphatic rings. The quantitative estimate of drug-likeness (QED) is 0.882. The Morgan fingerprint density at radius 3 is 2.50 bits per heavy atom. The molecule has 1 N–H and O–H groups in total. The zero-order valence-corrected chi connectivity index (χ0v) is 14.3. The van der Waals surface area contributed by atoms with Gasteiger partial charge in [-0.2, -0.15) is 5.10 Å². The van der Waals surface area contributed by atoms with E-state index in [0.29, 0.717) is 5.56 Å². The van der Waals surface area contributed by atoms with Crippen LogP contribution in [0.1, 0.15) is 18.4 Å². The number of anilines is 1. The standard InChI is InChI=1S/C18H14ClF2N3O2/c19-14-9-13(21)5-6-15(14)22-18(26)16-7-8-17(25)24(23-16)10-11-1-3-12(20)4-2-11/h1-6,9H,7-8,10H2,(H,22,26). The average Bonchev–Trinajstić information content (AvgIpc) is 2.61. The molecule has 0 spiro atoms. The molecule has 0 radical (unpaired) electrons. The van der Waals surface area contributed by atoms with Crippen molar-refractivity contribution in [3.8, 4) is 0 Å². The third-order valence-electron chi connectivity index (χ3n) is 3.79. The van der Waals surface area contributed by atoms with Crippen LogP contribution in [0.25, 0.3) is 0 Å². The molecule has 26 heavy (non-hydrogen) atoms. The van der Waals surface area contributed by atoms with Crippen LogP contribution in [-0.4, -0.2) is 22.5 Å². The molecular formula is C18H14ClF2N3O2. The summed E-state index contributed by atoms with van der Waals surface area (Å²) in [5.41, 5.74) is 1.10. The SMILES string of the molecule is O=C(Nc1ccc(F)cc1Cl)C1=NN(Cc2ccc(F)cc2)C(=O)CC1. The first kappa shape index (κ1) is 18.0. The van der Waals surface area contributed by atoms with Gasteiger partial charge in [0.05, 0.1) is 17.3 Å². The first-order chi connectivity index (χ1) is 12.4. The van der Waals surface area contributed by atoms with E-state index in [1.54, 1.807) is 12.1 Å². The summed E-state index contributed by atoms with van der Waals surface area (Å²) in [5.74, 6) is -1.64. The van der Waals surface area contributed by atoms with E-state index in [9.17, 15) is 18.4 Å². The van der Waals surface area contributed by atoms with Crippen molar-refractivity contribution in [2.24, 2.45) is 5.10 Å². The zero-order valence-electron chi connectivity index (χ0n) is 13.5. The number of carbonyl (C=O) groups is 2. The third kappa shape index (κ3) is 4.23. The molecular weight excluding hydrogens is 364 g/mol. The fourth-order valence-electron chi connectivity index (χ4n) is 2.44. The van der Waals surface area contributed by atoms with E-state index in [-0.39, 0.29) is 47.5 Å². The van der Waals surface area contributed by atoms with Crippen molar-refractivity contribution >= 4 is 34.8 Å². The second kappa shape index (κ2) is 7.61. The lowest BCUT2D eigenvalue weighted by molar-refractivity contribution is -0.132. The van der Waals surface area contributed by atoms with Crippen molar-refractivity contribution < 1.29 is 18.4 Å². The van der Waals surface area contributed by atoms with E-state index in [2.05, 4.69) is 10.4 Å². The van der Waals surface area contributed by atoms with E-state index in [0.717, 1.165) is 6.07 Å². The van der Waals surface area contributed by atoms with Gasteiger partial charge in [0, 0.05) is 12.8 Å². The number of rotatable bonds is 4. The molecule has 0 bridgehead atoms. The number of hydrogen-bond acceptors (Lipinski definition) is 3. The van der Waals surface area contributed by atoms with Crippen molar-refractivity contribution in [1.82, 2.24) is 5.01 Å². The average molecular weight is 378 g/mol. The van der Waals surface area contributed by atoms with Gasteiger partial charge >= 0.3 is 0 Å². The number of amides is 2. The first-order valence-corrected chi connectivity index (χ1v) is 8.19. The number of hydrazone groups is 1. The summed E-state index contributed by atoms with van der Waals surface area (Å²) in [4.78, 5) is 24.4. The minimum Gasteiger partial charge on any atom is -0.320 e. The van der Waals surface area contributed by atoms with Crippen LogP contribution >= 0.6 is 11.6 Å². The molecule has 2 amide bonds. The van der Waals surface area contributed by atoms with Gasteiger partial charge in [-0.3, -0.25) is 9.59 Å². The van der Waals surface area contributed by atoms with Gasteiger partial charge in [-0.1, -0.05) is 23.7 Å². The molecule has 0 saturated carbocycles. The maximum atomic E-state index is 13.1. The predicted molar refractivity (Wildman–Crippen MR) is 93.7 cm³/mol. The Morgan fingerprint density at radius 1 is 1.12 bits per heavy atom. The Kier molecular flexibility index (Phi) is 5.27. The van der Waals surface area contributed by atoms with Gasteiger partial charge in [-0.05, 0) is 35.9 Å². The second-order valence-corrected chi connectivity index (χ2v) is 6.11. The van der Waals surface area contributed by atoms with E-state index < -0.39 is 11.7 Å². The number of carbonyl (C=O) groups excluding carboxylic acids is 2. The molecule has 3 rings (SSSR count). The van der Waals surface area contributed by atoms with Gasteiger partial charge in [0.15, 0.2) is 0 Å². The summed E-state index contributed by atoms with van der Waals surface area (Å²) in [6, 6.07) is 9.28. The normalized spacial score (nSPS) is 14.2. The van der Waals surface area contributed by atoms with E-state index in [4.69, 9.17) is 11.6 Å². The molecule has 2 aromatic rings. The largest absolute Gasteiger partial charge is 0.320 e. The van der Waals surface area contributed by atoms with Gasteiger partial charge < -0.3 is 5.32 Å². The summed E-state index contributed by atoms with van der Waals surface area (Å²) in [5, 5.41) is 7.90. The Balaban J connectivity index is 1.74. The first-order valence-electron chi connectivity index (χ1n) is 7.81. The highest BCUT2D eigenvalue weighted by molar-refractivity contribution is 6.44. The Hall–Kier alpha value is -2.80. The number of hydrogen-bond donors (Lipinski definition) is 1. The van der Waals surface area contributed by atoms with Crippen LogP contribution in [0, 0.1) is 11.6 Å². The highest BCUT2D eigenvalue weighted by Crippen LogP contribution is 2.23. The molecule has 0 fully saturated rings. The summed E-state index contributed by atoms with van der Waals surface area (Å²) in [7, 11) is 0. The molecule has 0 saturated heterocycles. The molecule has 0 unspecified atom stereocenters. The zero-order chi connectivity index (χ0) is 18.7. The smallest absolute Gasteiger partial charge is 0.271 e. The Morgan fingerprint density at radius 2 is 1.81 bits per heavy atom. The molecule has 5 nitrogen and oxygen atoms in total. The van der Waals surface area contributed by atoms with E-state index in [1.165, 1.54) is 29.3 Å². The molecule has 1 aliphatic heterocycles. The van der Waals surface area contributed by atoms with Crippen molar-refractivity contribution in [1.29, 1.82) is 0 Å². The minimum absolute atomic E-state index is 0.0639. The van der Waals surface area contributed by atoms with Crippen LogP contribution in [0.2, 0.25) is 5.02 Å². The van der Waals surface area contributed by atoms with Crippen LogP contribution in [0.4, 0.5) is 14.5 Å². The van der Waals surface area contributed by atoms with Crippen molar-refractivity contribution in [2.45, 2.75) is 19.4 Å². The number of halogens is 3. The van der Waals surface area contributed by atoms with Crippen molar-refractivity contribution in [3.63, 3.8) is 0 Å². The number of nitrogens with one attached hydrogen (secondary N) is 1. The van der Waals surface area contributed by atoms with E-state index in [1.807, 2.05) is 0 Å². The van der Waals surface area contributed by atoms with Crippen LogP contribution in [0.15, 0.2) is 47.6 Å². The lowest BCUT2D eigenvalue weighted by Gasteiger charge is -2.23. The molecule has 134 valence electrons. The highest BCUT2D eigenvalue weighted by atomic mass is 35.5. The van der Waals surface area contributed by atoms with Gasteiger partial charge in [0.1, 0.15) is 17.3 Å². The number of nitrogens with zero attached hydrogens (tertiary/aromatic N) is 2. The minimum atomic E-state index is -0.518. The predicted octanol–water partition coefficient (Wildman–Crippen LogP) is 3.74. The van der Waals surface area contributed by atoms with Crippen LogP contribution in [-0.2, 0) is 16.1 Å². The Labute approximate surface area is 153 Å². The molecule has 1 heterocycles.